The molecule has 0 aliphatic carbocycles. The molecule has 0 atom stereocenters. The molecule has 15 heavy (non-hydrogen) atoms. The third-order valence-corrected chi connectivity index (χ3v) is 6.90. The first kappa shape index (κ1) is 16.0. The van der Waals surface area contributed by atoms with E-state index in [-0.39, 0.29) is 0 Å². The molecule has 0 unspecified atom stereocenters. The van der Waals surface area contributed by atoms with Crippen molar-refractivity contribution in [2.45, 2.75) is 52.4 Å². The van der Waals surface area contributed by atoms with Gasteiger partial charge in [0.25, 0.3) is 0 Å². The van der Waals surface area contributed by atoms with Crippen LogP contribution in [0.15, 0.2) is 0 Å². The van der Waals surface area contributed by atoms with Crippen LogP contribution in [-0.2, 0) is 16.6 Å². The number of hydrogen-bond acceptors (Lipinski definition) is 0. The van der Waals surface area contributed by atoms with Crippen LogP contribution in [0.5, 0.6) is 0 Å². The molecule has 1 nitrogen and oxygen atoms in total. The van der Waals surface area contributed by atoms with Crippen molar-refractivity contribution in [1.29, 1.82) is 0 Å². The van der Waals surface area contributed by atoms with Crippen molar-refractivity contribution in [2.75, 3.05) is 13.1 Å². The molecule has 0 amide bonds. The van der Waals surface area contributed by atoms with Gasteiger partial charge in [-0.05, 0) is 0 Å². The maximum atomic E-state index is 4.57. The predicted octanol–water partition coefficient (Wildman–Crippen LogP) is 3.88. The minimum atomic E-state index is 1.20. The van der Waals surface area contributed by atoms with E-state index >= 15 is 0 Å². The Balaban J connectivity index is 3.90. The quantitative estimate of drug-likeness (QED) is 0.308. The topological polar surface area (TPSA) is 3.24 Å². The van der Waals surface area contributed by atoms with E-state index in [0.717, 1.165) is 0 Å². The van der Waals surface area contributed by atoms with Gasteiger partial charge in [-0.25, -0.2) is 0 Å². The summed E-state index contributed by atoms with van der Waals surface area (Å²) >= 11 is 5.81. The van der Waals surface area contributed by atoms with E-state index in [2.05, 4.69) is 31.4 Å². The molecule has 0 spiro atoms. The van der Waals surface area contributed by atoms with Crippen LogP contribution >= 0.6 is 21.5 Å². The van der Waals surface area contributed by atoms with Crippen LogP contribution in [0.2, 0.25) is 0 Å². The zero-order valence-corrected chi connectivity index (χ0v) is 14.8. The molecular formula is C11H23NS2Zn. The Morgan fingerprint density at radius 2 is 1.53 bits per heavy atom. The standard InChI is InChI=1S/C11H23NS2.Zn/c1-3-5-7-9-12(11(13)14)10-8-6-4-2;/h3-10H2,1-2H3,(H,13,14);. The van der Waals surface area contributed by atoms with Crippen LogP contribution in [0.25, 0.3) is 0 Å². The van der Waals surface area contributed by atoms with Crippen LogP contribution < -0.4 is 0 Å². The summed E-state index contributed by atoms with van der Waals surface area (Å²) in [6, 6.07) is 0. The summed E-state index contributed by atoms with van der Waals surface area (Å²) in [5.74, 6) is 0. The van der Waals surface area contributed by atoms with E-state index < -0.39 is 0 Å². The minimum absolute atomic E-state index is 1.20. The van der Waals surface area contributed by atoms with E-state index in [0.29, 0.717) is 0 Å². The average Bonchev–Trinajstić information content (AvgIpc) is 2.26. The monoisotopic (exact) mass is 297 g/mol. The molecule has 0 heterocycles. The number of hydrogen-bond donors (Lipinski definition) is 1. The van der Waals surface area contributed by atoms with Gasteiger partial charge in [0.15, 0.2) is 0 Å². The van der Waals surface area contributed by atoms with Gasteiger partial charge in [0.1, 0.15) is 0 Å². The molecule has 0 radical (unpaired) electrons. The van der Waals surface area contributed by atoms with E-state index in [1.54, 1.807) is 0 Å². The number of thiol groups is 1. The molecule has 0 aromatic carbocycles. The summed E-state index contributed by atoms with van der Waals surface area (Å²) in [5, 5.41) is 0. The van der Waals surface area contributed by atoms with Crippen molar-refractivity contribution >= 4 is 25.8 Å². The predicted molar refractivity (Wildman–Crippen MR) is 72.2 cm³/mol. The van der Waals surface area contributed by atoms with Crippen molar-refractivity contribution in [3.63, 3.8) is 0 Å². The molecule has 0 aliphatic heterocycles. The van der Waals surface area contributed by atoms with E-state index in [1.807, 2.05) is 8.84 Å². The Kier molecular flexibility index (Phi) is 12.3. The summed E-state index contributed by atoms with van der Waals surface area (Å²) < 4.78 is 1.24. The van der Waals surface area contributed by atoms with Crippen LogP contribution in [0.1, 0.15) is 52.4 Å². The van der Waals surface area contributed by atoms with Crippen molar-refractivity contribution < 1.29 is 16.6 Å². The number of unbranched alkanes of at least 4 members (excludes halogenated alkanes) is 4. The van der Waals surface area contributed by atoms with E-state index in [4.69, 9.17) is 0 Å². The van der Waals surface area contributed by atoms with Gasteiger partial charge in [-0.1, -0.05) is 0 Å². The second-order valence-corrected chi connectivity index (χ2v) is 7.05. The third-order valence-electron chi connectivity index (χ3n) is 2.46. The molecule has 0 fully saturated rings. The summed E-state index contributed by atoms with van der Waals surface area (Å²) in [7, 11) is 1.88. The number of rotatable bonds is 8. The van der Waals surface area contributed by atoms with Gasteiger partial charge in [-0.3, -0.25) is 0 Å². The van der Waals surface area contributed by atoms with Crippen molar-refractivity contribution in [3.05, 3.63) is 0 Å². The van der Waals surface area contributed by atoms with Crippen LogP contribution in [0, 0.1) is 0 Å². The Bertz CT molecular complexity index is 193. The zero-order chi connectivity index (χ0) is 11.5. The van der Waals surface area contributed by atoms with Crippen LogP contribution in [0.4, 0.5) is 0 Å². The molecule has 0 N–H and O–H groups in total. The van der Waals surface area contributed by atoms with Crippen molar-refractivity contribution in [1.82, 2.24) is 4.90 Å². The van der Waals surface area contributed by atoms with Gasteiger partial charge in [0.2, 0.25) is 0 Å². The molecule has 0 bridgehead atoms. The second kappa shape index (κ2) is 11.5. The van der Waals surface area contributed by atoms with E-state index in [9.17, 15) is 0 Å². The normalized spacial score (nSPS) is 10.8. The molecule has 4 heteroatoms. The molecule has 0 rings (SSSR count). The molecule has 0 aliphatic rings. The molecule has 0 aromatic rings. The Hall–Kier alpha value is 1.02. The first-order valence-electron chi connectivity index (χ1n) is 5.99. The fraction of sp³-hybridized carbons (Fsp3) is 0.909. The third kappa shape index (κ3) is 8.79. The average molecular weight is 299 g/mol. The first-order valence-corrected chi connectivity index (χ1v) is 11.1. The van der Waals surface area contributed by atoms with Crippen molar-refractivity contribution in [2.24, 2.45) is 0 Å². The summed E-state index contributed by atoms with van der Waals surface area (Å²) in [5.41, 5.74) is 0. The Morgan fingerprint density at radius 1 is 1.07 bits per heavy atom. The molecule has 0 saturated heterocycles. The zero-order valence-electron chi connectivity index (χ0n) is 10.2. The SMILES string of the molecule is CCCCCN(CCCCC)C(S)=[S]=[Zn]. The van der Waals surface area contributed by atoms with Gasteiger partial charge >= 0.3 is 113 Å². The van der Waals surface area contributed by atoms with Gasteiger partial charge in [-0.2, -0.15) is 0 Å². The first-order chi connectivity index (χ1) is 7.26. The molecular weight excluding hydrogens is 276 g/mol. The van der Waals surface area contributed by atoms with Gasteiger partial charge in [-0.15, -0.1) is 0 Å². The molecule has 86 valence electrons. The van der Waals surface area contributed by atoms with Crippen molar-refractivity contribution in [3.8, 4) is 0 Å². The van der Waals surface area contributed by atoms with E-state index in [1.165, 1.54) is 72.5 Å². The number of nitrogens with zero attached hydrogens (tertiary/aromatic N) is 1. The molecule has 0 saturated carbocycles. The van der Waals surface area contributed by atoms with Gasteiger partial charge in [0.05, 0.1) is 0 Å². The Labute approximate surface area is 112 Å². The second-order valence-electron chi connectivity index (χ2n) is 3.83. The van der Waals surface area contributed by atoms with Gasteiger partial charge in [0, 0.05) is 0 Å². The van der Waals surface area contributed by atoms with Gasteiger partial charge < -0.3 is 0 Å². The van der Waals surface area contributed by atoms with Crippen LogP contribution in [-0.4, -0.2) is 22.3 Å². The maximum absolute atomic E-state index is 4.57. The summed E-state index contributed by atoms with van der Waals surface area (Å²) in [6.07, 6.45) is 7.92. The fourth-order valence-electron chi connectivity index (χ4n) is 1.50. The summed E-state index contributed by atoms with van der Waals surface area (Å²) in [6.45, 7) is 6.91. The molecule has 0 aromatic heterocycles. The fourth-order valence-corrected chi connectivity index (χ4v) is 3.21. The summed E-state index contributed by atoms with van der Waals surface area (Å²) in [4.78, 5) is 2.46. The van der Waals surface area contributed by atoms with Crippen LogP contribution in [0.3, 0.4) is 0 Å². The Morgan fingerprint density at radius 3 is 1.87 bits per heavy atom.